The standard InChI is InChI=1S/C17H24FN3O3S/c18-16-7-5-15(6-8-16)17(22)19-9-4-12-21(14-13-19)25(23,24)20-10-2-1-3-11-20/h5-8H,1-4,9-14H2. The lowest BCUT2D eigenvalue weighted by Crippen LogP contribution is -2.47. The summed E-state index contributed by atoms with van der Waals surface area (Å²) in [6.45, 7) is 2.73. The Hall–Kier alpha value is -1.51. The highest BCUT2D eigenvalue weighted by Gasteiger charge is 2.32. The molecule has 8 heteroatoms. The topological polar surface area (TPSA) is 60.9 Å². The van der Waals surface area contributed by atoms with E-state index in [0.29, 0.717) is 51.3 Å². The van der Waals surface area contributed by atoms with Gasteiger partial charge in [-0.3, -0.25) is 4.79 Å². The summed E-state index contributed by atoms with van der Waals surface area (Å²) in [6.07, 6.45) is 3.48. The lowest BCUT2D eigenvalue weighted by Gasteiger charge is -2.31. The normalized spacial score (nSPS) is 21.1. The van der Waals surface area contributed by atoms with Gasteiger partial charge in [-0.25, -0.2) is 4.39 Å². The molecule has 138 valence electrons. The number of carbonyl (C=O) groups is 1. The summed E-state index contributed by atoms with van der Waals surface area (Å²) < 4.78 is 41.6. The van der Waals surface area contributed by atoms with Gasteiger partial charge in [0, 0.05) is 44.8 Å². The summed E-state index contributed by atoms with van der Waals surface area (Å²) in [5, 5.41) is 0. The molecule has 0 aliphatic carbocycles. The third kappa shape index (κ3) is 4.19. The van der Waals surface area contributed by atoms with Crippen LogP contribution in [0, 0.1) is 5.82 Å². The van der Waals surface area contributed by atoms with Crippen molar-refractivity contribution in [3.8, 4) is 0 Å². The molecule has 0 spiro atoms. The van der Waals surface area contributed by atoms with Gasteiger partial charge in [-0.1, -0.05) is 6.42 Å². The molecule has 2 heterocycles. The molecule has 2 saturated heterocycles. The minimum absolute atomic E-state index is 0.183. The largest absolute Gasteiger partial charge is 0.337 e. The maximum atomic E-state index is 13.0. The molecule has 1 amide bonds. The first-order valence-electron chi connectivity index (χ1n) is 8.78. The van der Waals surface area contributed by atoms with Crippen LogP contribution in [0.25, 0.3) is 0 Å². The van der Waals surface area contributed by atoms with Crippen molar-refractivity contribution in [2.24, 2.45) is 0 Å². The van der Waals surface area contributed by atoms with Crippen LogP contribution >= 0.6 is 0 Å². The van der Waals surface area contributed by atoms with Crippen LogP contribution in [0.5, 0.6) is 0 Å². The van der Waals surface area contributed by atoms with Crippen molar-refractivity contribution in [2.45, 2.75) is 25.7 Å². The average molecular weight is 369 g/mol. The van der Waals surface area contributed by atoms with E-state index in [2.05, 4.69) is 0 Å². The highest BCUT2D eigenvalue weighted by molar-refractivity contribution is 7.86. The molecule has 0 unspecified atom stereocenters. The number of amides is 1. The van der Waals surface area contributed by atoms with Crippen LogP contribution in [0.15, 0.2) is 24.3 Å². The minimum atomic E-state index is -3.45. The van der Waals surface area contributed by atoms with Gasteiger partial charge in [0.2, 0.25) is 0 Å². The summed E-state index contributed by atoms with van der Waals surface area (Å²) >= 11 is 0. The number of piperidine rings is 1. The first-order valence-corrected chi connectivity index (χ1v) is 10.2. The lowest BCUT2D eigenvalue weighted by molar-refractivity contribution is 0.0764. The Morgan fingerprint density at radius 3 is 2.08 bits per heavy atom. The summed E-state index contributed by atoms with van der Waals surface area (Å²) in [6, 6.07) is 5.45. The number of nitrogens with zero attached hydrogens (tertiary/aromatic N) is 3. The molecule has 0 N–H and O–H groups in total. The molecular weight excluding hydrogens is 345 g/mol. The van der Waals surface area contributed by atoms with Gasteiger partial charge in [0.1, 0.15) is 5.82 Å². The van der Waals surface area contributed by atoms with E-state index in [1.807, 2.05) is 0 Å². The second kappa shape index (κ2) is 7.80. The fourth-order valence-electron chi connectivity index (χ4n) is 3.36. The molecule has 3 rings (SSSR count). The molecule has 2 fully saturated rings. The smallest absolute Gasteiger partial charge is 0.282 e. The summed E-state index contributed by atoms with van der Waals surface area (Å²) in [5.74, 6) is -0.566. The third-order valence-electron chi connectivity index (χ3n) is 4.80. The Kier molecular flexibility index (Phi) is 5.71. The summed E-state index contributed by atoms with van der Waals surface area (Å²) in [7, 11) is -3.45. The Morgan fingerprint density at radius 1 is 0.800 bits per heavy atom. The summed E-state index contributed by atoms with van der Waals surface area (Å²) in [5.41, 5.74) is 0.425. The fourth-order valence-corrected chi connectivity index (χ4v) is 5.08. The Bertz CT molecular complexity index is 702. The maximum absolute atomic E-state index is 13.0. The minimum Gasteiger partial charge on any atom is -0.337 e. The zero-order valence-corrected chi connectivity index (χ0v) is 15.0. The van der Waals surface area contributed by atoms with Gasteiger partial charge in [-0.2, -0.15) is 17.0 Å². The van der Waals surface area contributed by atoms with E-state index in [1.54, 1.807) is 9.21 Å². The molecule has 1 aromatic carbocycles. The monoisotopic (exact) mass is 369 g/mol. The van der Waals surface area contributed by atoms with E-state index < -0.39 is 10.2 Å². The molecular formula is C17H24FN3O3S. The third-order valence-corrected chi connectivity index (χ3v) is 6.84. The molecule has 2 aliphatic heterocycles. The highest BCUT2D eigenvalue weighted by atomic mass is 32.2. The zero-order valence-electron chi connectivity index (χ0n) is 14.2. The van der Waals surface area contributed by atoms with E-state index in [-0.39, 0.29) is 11.7 Å². The zero-order chi connectivity index (χ0) is 17.9. The molecule has 0 atom stereocenters. The molecule has 0 bridgehead atoms. The SMILES string of the molecule is O=C(c1ccc(F)cc1)N1CCCN(S(=O)(=O)N2CCCCC2)CC1. The second-order valence-corrected chi connectivity index (χ2v) is 8.45. The van der Waals surface area contributed by atoms with Crippen molar-refractivity contribution in [3.63, 3.8) is 0 Å². The van der Waals surface area contributed by atoms with E-state index >= 15 is 0 Å². The molecule has 0 aromatic heterocycles. The number of rotatable bonds is 3. The van der Waals surface area contributed by atoms with Gasteiger partial charge in [0.25, 0.3) is 16.1 Å². The van der Waals surface area contributed by atoms with E-state index in [9.17, 15) is 17.6 Å². The van der Waals surface area contributed by atoms with Crippen LogP contribution in [-0.2, 0) is 10.2 Å². The van der Waals surface area contributed by atoms with Crippen molar-refractivity contribution in [2.75, 3.05) is 39.3 Å². The van der Waals surface area contributed by atoms with Gasteiger partial charge in [0.05, 0.1) is 0 Å². The van der Waals surface area contributed by atoms with Crippen LogP contribution in [0.1, 0.15) is 36.0 Å². The molecule has 25 heavy (non-hydrogen) atoms. The molecule has 1 aromatic rings. The van der Waals surface area contributed by atoms with Crippen molar-refractivity contribution < 1.29 is 17.6 Å². The van der Waals surface area contributed by atoms with Crippen molar-refractivity contribution >= 4 is 16.1 Å². The second-order valence-electron chi connectivity index (χ2n) is 6.52. The summed E-state index contributed by atoms with van der Waals surface area (Å²) in [4.78, 5) is 14.2. The molecule has 2 aliphatic rings. The molecule has 0 saturated carbocycles. The quantitative estimate of drug-likeness (QED) is 0.815. The predicted octanol–water partition coefficient (Wildman–Crippen LogP) is 1.70. The van der Waals surface area contributed by atoms with Gasteiger partial charge < -0.3 is 4.90 Å². The first-order chi connectivity index (χ1) is 12.0. The van der Waals surface area contributed by atoms with E-state index in [0.717, 1.165) is 19.3 Å². The van der Waals surface area contributed by atoms with Gasteiger partial charge >= 0.3 is 0 Å². The van der Waals surface area contributed by atoms with Crippen LogP contribution in [-0.4, -0.2) is 67.1 Å². The lowest BCUT2D eigenvalue weighted by atomic mass is 10.2. The van der Waals surface area contributed by atoms with Crippen LogP contribution in [0.4, 0.5) is 4.39 Å². The van der Waals surface area contributed by atoms with Crippen molar-refractivity contribution in [1.29, 1.82) is 0 Å². The number of benzene rings is 1. The van der Waals surface area contributed by atoms with Gasteiger partial charge in [-0.15, -0.1) is 0 Å². The Balaban J connectivity index is 1.65. The van der Waals surface area contributed by atoms with Crippen LogP contribution in [0.2, 0.25) is 0 Å². The van der Waals surface area contributed by atoms with E-state index in [1.165, 1.54) is 28.6 Å². The van der Waals surface area contributed by atoms with Gasteiger partial charge in [0.15, 0.2) is 0 Å². The van der Waals surface area contributed by atoms with Crippen molar-refractivity contribution in [1.82, 2.24) is 13.5 Å². The molecule has 0 radical (unpaired) electrons. The number of hydrogen-bond donors (Lipinski definition) is 0. The number of hydrogen-bond acceptors (Lipinski definition) is 3. The Morgan fingerprint density at radius 2 is 1.40 bits per heavy atom. The fraction of sp³-hybridized carbons (Fsp3) is 0.588. The maximum Gasteiger partial charge on any atom is 0.282 e. The first kappa shape index (κ1) is 18.3. The Labute approximate surface area is 148 Å². The van der Waals surface area contributed by atoms with Gasteiger partial charge in [-0.05, 0) is 43.5 Å². The van der Waals surface area contributed by atoms with Crippen LogP contribution < -0.4 is 0 Å². The average Bonchev–Trinajstić information content (AvgIpc) is 2.89. The number of halogens is 1. The number of carbonyl (C=O) groups excluding carboxylic acids is 1. The van der Waals surface area contributed by atoms with E-state index in [4.69, 9.17) is 0 Å². The van der Waals surface area contributed by atoms with Crippen LogP contribution in [0.3, 0.4) is 0 Å². The molecule has 6 nitrogen and oxygen atoms in total. The van der Waals surface area contributed by atoms with Crippen molar-refractivity contribution in [3.05, 3.63) is 35.6 Å². The highest BCUT2D eigenvalue weighted by Crippen LogP contribution is 2.19. The predicted molar refractivity (Wildman–Crippen MR) is 92.8 cm³/mol.